The first kappa shape index (κ1) is 16.5. The second-order valence-electron chi connectivity index (χ2n) is 5.77. The number of hydrogen-bond donors (Lipinski definition) is 1. The van der Waals surface area contributed by atoms with Crippen molar-refractivity contribution in [1.82, 2.24) is 0 Å². The van der Waals surface area contributed by atoms with Crippen molar-refractivity contribution < 1.29 is 4.79 Å². The summed E-state index contributed by atoms with van der Waals surface area (Å²) >= 11 is 0. The van der Waals surface area contributed by atoms with Gasteiger partial charge in [0, 0.05) is 23.9 Å². The number of benzene rings is 1. The molecule has 1 N–H and O–H groups in total. The highest BCUT2D eigenvalue weighted by Gasteiger charge is 2.25. The Hall–Kier alpha value is -1.57. The highest BCUT2D eigenvalue weighted by Crippen LogP contribution is 2.31. The van der Waals surface area contributed by atoms with E-state index in [1.54, 1.807) is 0 Å². The maximum Gasteiger partial charge on any atom is 0.160 e. The van der Waals surface area contributed by atoms with Crippen LogP contribution in [0.3, 0.4) is 0 Å². The fourth-order valence-corrected chi connectivity index (χ4v) is 2.03. The molecule has 0 unspecified atom stereocenters. The van der Waals surface area contributed by atoms with Crippen molar-refractivity contribution >= 4 is 11.5 Å². The molecule has 0 amide bonds. The SMILES string of the molecule is CCC(=O)/C(=C/Nc1ccc(CC)cc1)C(C)(C)CC. The zero-order valence-electron chi connectivity index (χ0n) is 13.4. The van der Waals surface area contributed by atoms with Crippen molar-refractivity contribution in [2.45, 2.75) is 53.9 Å². The van der Waals surface area contributed by atoms with Crippen LogP contribution in [0.25, 0.3) is 0 Å². The van der Waals surface area contributed by atoms with Crippen LogP contribution in [0.4, 0.5) is 5.69 Å². The summed E-state index contributed by atoms with van der Waals surface area (Å²) in [6.45, 7) is 10.4. The smallest absolute Gasteiger partial charge is 0.160 e. The van der Waals surface area contributed by atoms with Crippen LogP contribution in [-0.2, 0) is 11.2 Å². The third-order valence-corrected chi connectivity index (χ3v) is 3.98. The lowest BCUT2D eigenvalue weighted by molar-refractivity contribution is -0.116. The number of ketones is 1. The molecular formula is C18H27NO. The van der Waals surface area contributed by atoms with E-state index in [1.807, 2.05) is 13.1 Å². The van der Waals surface area contributed by atoms with Gasteiger partial charge in [0.25, 0.3) is 0 Å². The van der Waals surface area contributed by atoms with E-state index in [-0.39, 0.29) is 11.2 Å². The zero-order chi connectivity index (χ0) is 15.2. The summed E-state index contributed by atoms with van der Waals surface area (Å²) in [5.41, 5.74) is 3.12. The zero-order valence-corrected chi connectivity index (χ0v) is 13.4. The first-order valence-corrected chi connectivity index (χ1v) is 7.53. The normalized spacial score (nSPS) is 12.3. The van der Waals surface area contributed by atoms with E-state index in [0.29, 0.717) is 6.42 Å². The lowest BCUT2D eigenvalue weighted by atomic mass is 9.79. The predicted molar refractivity (Wildman–Crippen MR) is 86.9 cm³/mol. The van der Waals surface area contributed by atoms with E-state index in [2.05, 4.69) is 57.3 Å². The Labute approximate surface area is 123 Å². The molecule has 20 heavy (non-hydrogen) atoms. The molecule has 2 nitrogen and oxygen atoms in total. The summed E-state index contributed by atoms with van der Waals surface area (Å²) in [5, 5.41) is 3.27. The predicted octanol–water partition coefficient (Wildman–Crippen LogP) is 4.96. The average Bonchev–Trinajstić information content (AvgIpc) is 2.47. The molecule has 0 aliphatic rings. The van der Waals surface area contributed by atoms with Gasteiger partial charge in [-0.3, -0.25) is 4.79 Å². The van der Waals surface area contributed by atoms with Crippen molar-refractivity contribution in [2.24, 2.45) is 5.41 Å². The number of rotatable bonds is 7. The Morgan fingerprint density at radius 2 is 1.75 bits per heavy atom. The van der Waals surface area contributed by atoms with Gasteiger partial charge in [0.1, 0.15) is 0 Å². The molecule has 0 aromatic heterocycles. The molecule has 1 aromatic carbocycles. The standard InChI is InChI=1S/C18H27NO/c1-6-14-9-11-15(12-10-14)19-13-16(17(20)7-2)18(4,5)8-3/h9-13,19H,6-8H2,1-5H3/b16-13-. The second-order valence-corrected chi connectivity index (χ2v) is 5.77. The van der Waals surface area contributed by atoms with Crippen LogP contribution in [0.15, 0.2) is 36.0 Å². The Bertz CT molecular complexity index is 469. The molecule has 0 saturated heterocycles. The van der Waals surface area contributed by atoms with Gasteiger partial charge in [-0.25, -0.2) is 0 Å². The van der Waals surface area contributed by atoms with Gasteiger partial charge < -0.3 is 5.32 Å². The third kappa shape index (κ3) is 4.22. The molecule has 0 aliphatic heterocycles. The molecular weight excluding hydrogens is 246 g/mol. The third-order valence-electron chi connectivity index (χ3n) is 3.98. The van der Waals surface area contributed by atoms with E-state index >= 15 is 0 Å². The number of nitrogens with one attached hydrogen (secondary N) is 1. The monoisotopic (exact) mass is 273 g/mol. The summed E-state index contributed by atoms with van der Waals surface area (Å²) in [6, 6.07) is 8.34. The van der Waals surface area contributed by atoms with Crippen molar-refractivity contribution in [3.63, 3.8) is 0 Å². The van der Waals surface area contributed by atoms with Crippen molar-refractivity contribution in [2.75, 3.05) is 5.32 Å². The molecule has 0 atom stereocenters. The molecule has 0 fully saturated rings. The van der Waals surface area contributed by atoms with Crippen LogP contribution >= 0.6 is 0 Å². The molecule has 0 radical (unpaired) electrons. The first-order valence-electron chi connectivity index (χ1n) is 7.53. The molecule has 0 aliphatic carbocycles. The minimum absolute atomic E-state index is 0.0938. The summed E-state index contributed by atoms with van der Waals surface area (Å²) in [4.78, 5) is 12.1. The summed E-state index contributed by atoms with van der Waals surface area (Å²) in [6.07, 6.45) is 4.42. The molecule has 2 heteroatoms. The quantitative estimate of drug-likeness (QED) is 0.711. The Morgan fingerprint density at radius 1 is 1.15 bits per heavy atom. The number of carbonyl (C=O) groups excluding carboxylic acids is 1. The van der Waals surface area contributed by atoms with Gasteiger partial charge >= 0.3 is 0 Å². The van der Waals surface area contributed by atoms with Gasteiger partial charge in [-0.15, -0.1) is 0 Å². The average molecular weight is 273 g/mol. The van der Waals surface area contributed by atoms with Crippen LogP contribution in [0.2, 0.25) is 0 Å². The molecule has 0 bridgehead atoms. The minimum Gasteiger partial charge on any atom is -0.361 e. The van der Waals surface area contributed by atoms with E-state index in [0.717, 1.165) is 24.1 Å². The molecule has 0 spiro atoms. The van der Waals surface area contributed by atoms with Crippen LogP contribution in [0.5, 0.6) is 0 Å². The molecule has 1 rings (SSSR count). The number of aryl methyl sites for hydroxylation is 1. The van der Waals surface area contributed by atoms with Crippen LogP contribution in [-0.4, -0.2) is 5.78 Å². The van der Waals surface area contributed by atoms with Crippen LogP contribution in [0, 0.1) is 5.41 Å². The highest BCUT2D eigenvalue weighted by atomic mass is 16.1. The fraction of sp³-hybridized carbons (Fsp3) is 0.500. The number of Topliss-reactive ketones (excluding diaryl/α,β-unsaturated/α-hetero) is 1. The first-order chi connectivity index (χ1) is 9.44. The number of hydrogen-bond acceptors (Lipinski definition) is 2. The van der Waals surface area contributed by atoms with E-state index < -0.39 is 0 Å². The highest BCUT2D eigenvalue weighted by molar-refractivity contribution is 5.96. The lowest BCUT2D eigenvalue weighted by Gasteiger charge is -2.25. The van der Waals surface area contributed by atoms with Gasteiger partial charge in [-0.1, -0.05) is 46.8 Å². The number of carbonyl (C=O) groups is 1. The molecule has 0 saturated carbocycles. The van der Waals surface area contributed by atoms with Gasteiger partial charge in [0.2, 0.25) is 0 Å². The Kier molecular flexibility index (Phi) is 6.00. The van der Waals surface area contributed by atoms with Gasteiger partial charge in [0.15, 0.2) is 5.78 Å². The van der Waals surface area contributed by atoms with Crippen molar-refractivity contribution in [1.29, 1.82) is 0 Å². The summed E-state index contributed by atoms with van der Waals surface area (Å²) < 4.78 is 0. The maximum atomic E-state index is 12.1. The van der Waals surface area contributed by atoms with Crippen molar-refractivity contribution in [3.05, 3.63) is 41.6 Å². The minimum atomic E-state index is -0.0938. The van der Waals surface area contributed by atoms with Gasteiger partial charge in [-0.2, -0.15) is 0 Å². The summed E-state index contributed by atoms with van der Waals surface area (Å²) in [5.74, 6) is 0.217. The number of allylic oxidation sites excluding steroid dienone is 1. The maximum absolute atomic E-state index is 12.1. The van der Waals surface area contributed by atoms with E-state index in [9.17, 15) is 4.79 Å². The second kappa shape index (κ2) is 7.28. The van der Waals surface area contributed by atoms with Crippen LogP contribution in [0.1, 0.15) is 53.0 Å². The van der Waals surface area contributed by atoms with Gasteiger partial charge in [0.05, 0.1) is 0 Å². The Balaban J connectivity index is 2.93. The summed E-state index contributed by atoms with van der Waals surface area (Å²) in [7, 11) is 0. The fourth-order valence-electron chi connectivity index (χ4n) is 2.03. The van der Waals surface area contributed by atoms with Crippen LogP contribution < -0.4 is 5.32 Å². The topological polar surface area (TPSA) is 29.1 Å². The molecule has 1 aromatic rings. The van der Waals surface area contributed by atoms with Crippen molar-refractivity contribution in [3.8, 4) is 0 Å². The van der Waals surface area contributed by atoms with E-state index in [1.165, 1.54) is 5.56 Å². The molecule has 110 valence electrons. The van der Waals surface area contributed by atoms with Gasteiger partial charge in [-0.05, 0) is 36.0 Å². The number of anilines is 1. The largest absolute Gasteiger partial charge is 0.361 e. The lowest BCUT2D eigenvalue weighted by Crippen LogP contribution is -2.21. The van der Waals surface area contributed by atoms with E-state index in [4.69, 9.17) is 0 Å². The molecule has 0 heterocycles. The Morgan fingerprint density at radius 3 is 2.20 bits per heavy atom.